The quantitative estimate of drug-likeness (QED) is 0.760. The van der Waals surface area contributed by atoms with E-state index in [2.05, 4.69) is 42.9 Å². The molecule has 0 bridgehead atoms. The second kappa shape index (κ2) is 7.25. The molecule has 0 aliphatic rings. The van der Waals surface area contributed by atoms with Gasteiger partial charge in [0.2, 0.25) is 0 Å². The average Bonchev–Trinajstić information content (AvgIpc) is 2.52. The predicted molar refractivity (Wildman–Crippen MR) is 96.7 cm³/mol. The van der Waals surface area contributed by atoms with E-state index in [-0.39, 0.29) is 11.0 Å². The number of azo groups is 1. The van der Waals surface area contributed by atoms with Crippen molar-refractivity contribution in [2.75, 3.05) is 18.5 Å². The molecule has 0 aromatic heterocycles. The molecule has 5 nitrogen and oxygen atoms in total. The van der Waals surface area contributed by atoms with Gasteiger partial charge in [-0.25, -0.2) is 4.79 Å². The predicted octanol–water partition coefficient (Wildman–Crippen LogP) is 5.28. The molecule has 0 amide bonds. The summed E-state index contributed by atoms with van der Waals surface area (Å²) in [5.41, 5.74) is 2.49. The van der Waals surface area contributed by atoms with E-state index >= 15 is 0 Å². The lowest BCUT2D eigenvalue weighted by molar-refractivity contribution is 0.0697. The molecule has 0 radical (unpaired) electrons. The number of aromatic carboxylic acids is 1. The van der Waals surface area contributed by atoms with E-state index in [1.807, 2.05) is 24.3 Å². The van der Waals surface area contributed by atoms with E-state index in [9.17, 15) is 4.79 Å². The van der Waals surface area contributed by atoms with Crippen LogP contribution in [0.3, 0.4) is 0 Å². The monoisotopic (exact) mass is 325 g/mol. The van der Waals surface area contributed by atoms with Crippen molar-refractivity contribution in [2.24, 2.45) is 15.6 Å². The van der Waals surface area contributed by atoms with Gasteiger partial charge in [0.25, 0.3) is 0 Å². The van der Waals surface area contributed by atoms with Gasteiger partial charge < -0.3 is 10.0 Å². The van der Waals surface area contributed by atoms with Crippen LogP contribution in [0.5, 0.6) is 0 Å². The summed E-state index contributed by atoms with van der Waals surface area (Å²) in [5.74, 6) is -1.01. The Morgan fingerprint density at radius 3 is 2.25 bits per heavy atom. The topological polar surface area (TPSA) is 65.3 Å². The van der Waals surface area contributed by atoms with Gasteiger partial charge in [0.05, 0.1) is 11.3 Å². The van der Waals surface area contributed by atoms with Crippen molar-refractivity contribution in [2.45, 2.75) is 20.8 Å². The van der Waals surface area contributed by atoms with Gasteiger partial charge in [-0.3, -0.25) is 0 Å². The van der Waals surface area contributed by atoms with Crippen LogP contribution in [0.25, 0.3) is 0 Å². The number of rotatable bonds is 5. The molecule has 1 N–H and O–H groups in total. The summed E-state index contributed by atoms with van der Waals surface area (Å²) in [4.78, 5) is 13.4. The molecule has 0 saturated carbocycles. The Hall–Kier alpha value is -2.69. The highest BCUT2D eigenvalue weighted by Gasteiger charge is 2.13. The van der Waals surface area contributed by atoms with Crippen LogP contribution < -0.4 is 4.90 Å². The number of hydrogen-bond donors (Lipinski definition) is 1. The first-order chi connectivity index (χ1) is 11.3. The highest BCUT2D eigenvalue weighted by molar-refractivity contribution is 5.93. The summed E-state index contributed by atoms with van der Waals surface area (Å²) in [6.07, 6.45) is 0. The van der Waals surface area contributed by atoms with Crippen molar-refractivity contribution in [1.29, 1.82) is 0 Å². The molecule has 2 rings (SSSR count). The van der Waals surface area contributed by atoms with Crippen molar-refractivity contribution < 1.29 is 9.90 Å². The lowest BCUT2D eigenvalue weighted by Crippen LogP contribution is -2.28. The fourth-order valence-electron chi connectivity index (χ4n) is 2.43. The molecule has 126 valence electrons. The molecule has 0 spiro atoms. The molecule has 0 atom stereocenters. The molecule has 24 heavy (non-hydrogen) atoms. The zero-order valence-electron chi connectivity index (χ0n) is 14.5. The van der Waals surface area contributed by atoms with Gasteiger partial charge >= 0.3 is 5.97 Å². The minimum atomic E-state index is -1.01. The summed E-state index contributed by atoms with van der Waals surface area (Å²) in [5, 5.41) is 17.3. The van der Waals surface area contributed by atoms with Crippen LogP contribution in [0, 0.1) is 5.41 Å². The second-order valence-corrected chi connectivity index (χ2v) is 6.96. The zero-order valence-corrected chi connectivity index (χ0v) is 14.5. The molecule has 0 aliphatic heterocycles. The fourth-order valence-corrected chi connectivity index (χ4v) is 2.43. The molecular weight excluding hydrogens is 302 g/mol. The molecule has 0 aliphatic carbocycles. The van der Waals surface area contributed by atoms with Crippen LogP contribution in [0.1, 0.15) is 31.1 Å². The van der Waals surface area contributed by atoms with Gasteiger partial charge in [-0.2, -0.15) is 5.11 Å². The number of anilines is 1. The van der Waals surface area contributed by atoms with Gasteiger partial charge in [-0.05, 0) is 41.8 Å². The van der Waals surface area contributed by atoms with Crippen LogP contribution in [0.2, 0.25) is 0 Å². The number of carboxylic acids is 1. The van der Waals surface area contributed by atoms with Crippen LogP contribution in [0.4, 0.5) is 17.1 Å². The van der Waals surface area contributed by atoms with Crippen LogP contribution >= 0.6 is 0 Å². The Morgan fingerprint density at radius 2 is 1.67 bits per heavy atom. The largest absolute Gasteiger partial charge is 0.478 e. The highest BCUT2D eigenvalue weighted by atomic mass is 16.4. The first-order valence-electron chi connectivity index (χ1n) is 7.81. The number of nitrogens with zero attached hydrogens (tertiary/aromatic N) is 3. The van der Waals surface area contributed by atoms with Crippen molar-refractivity contribution in [3.8, 4) is 0 Å². The summed E-state index contributed by atoms with van der Waals surface area (Å²) < 4.78 is 0. The Morgan fingerprint density at radius 1 is 1.04 bits per heavy atom. The smallest absolute Gasteiger partial charge is 0.337 e. The molecule has 0 saturated heterocycles. The van der Waals surface area contributed by atoms with Gasteiger partial charge in [-0.15, -0.1) is 5.11 Å². The lowest BCUT2D eigenvalue weighted by atomic mass is 9.96. The summed E-state index contributed by atoms with van der Waals surface area (Å²) in [7, 11) is 2.06. The van der Waals surface area contributed by atoms with Gasteiger partial charge in [0.1, 0.15) is 5.69 Å². The van der Waals surface area contributed by atoms with E-state index in [4.69, 9.17) is 5.11 Å². The fraction of sp³-hybridized carbons (Fsp3) is 0.316. The standard InChI is InChI=1S/C19H23N3O2/c1-19(2,3)13-22(4)15-11-9-14(10-12-15)20-21-17-8-6-5-7-16(17)18(23)24/h5-12H,13H2,1-4H3,(H,23,24)/b21-20+. The van der Waals surface area contributed by atoms with Crippen molar-refractivity contribution >= 4 is 23.0 Å². The molecule has 0 fully saturated rings. The van der Waals surface area contributed by atoms with E-state index in [0.29, 0.717) is 11.4 Å². The third-order valence-corrected chi connectivity index (χ3v) is 3.41. The van der Waals surface area contributed by atoms with Gasteiger partial charge in [-0.1, -0.05) is 32.9 Å². The molecule has 5 heteroatoms. The van der Waals surface area contributed by atoms with Crippen molar-refractivity contribution in [3.05, 3.63) is 54.1 Å². The maximum absolute atomic E-state index is 11.2. The Bertz CT molecular complexity index is 731. The Labute approximate surface area is 142 Å². The minimum Gasteiger partial charge on any atom is -0.478 e. The SMILES string of the molecule is CN(CC(C)(C)C)c1ccc(/N=N/c2ccccc2C(=O)O)cc1. The van der Waals surface area contributed by atoms with Crippen molar-refractivity contribution in [1.82, 2.24) is 0 Å². The van der Waals surface area contributed by atoms with Gasteiger partial charge in [0, 0.05) is 19.3 Å². The molecule has 2 aromatic carbocycles. The Kier molecular flexibility index (Phi) is 5.34. The van der Waals surface area contributed by atoms with Gasteiger partial charge in [0.15, 0.2) is 0 Å². The lowest BCUT2D eigenvalue weighted by Gasteiger charge is -2.28. The third kappa shape index (κ3) is 4.91. The van der Waals surface area contributed by atoms with Crippen LogP contribution in [-0.2, 0) is 0 Å². The number of carbonyl (C=O) groups is 1. The summed E-state index contributed by atoms with van der Waals surface area (Å²) >= 11 is 0. The molecule has 2 aromatic rings. The summed E-state index contributed by atoms with van der Waals surface area (Å²) in [6, 6.07) is 14.3. The van der Waals surface area contributed by atoms with E-state index in [1.165, 1.54) is 6.07 Å². The molecular formula is C19H23N3O2. The van der Waals surface area contributed by atoms with Crippen molar-refractivity contribution in [3.63, 3.8) is 0 Å². The number of hydrogen-bond acceptors (Lipinski definition) is 4. The maximum atomic E-state index is 11.2. The van der Waals surface area contributed by atoms with Crippen LogP contribution in [0.15, 0.2) is 58.8 Å². The first-order valence-corrected chi connectivity index (χ1v) is 7.81. The molecule has 0 heterocycles. The number of benzene rings is 2. The summed E-state index contributed by atoms with van der Waals surface area (Å²) in [6.45, 7) is 7.55. The zero-order chi connectivity index (χ0) is 17.7. The second-order valence-electron chi connectivity index (χ2n) is 6.96. The maximum Gasteiger partial charge on any atom is 0.337 e. The van der Waals surface area contributed by atoms with E-state index < -0.39 is 5.97 Å². The Balaban J connectivity index is 2.13. The third-order valence-electron chi connectivity index (χ3n) is 3.41. The number of carboxylic acid groups (broad SMARTS) is 1. The van der Waals surface area contributed by atoms with E-state index in [0.717, 1.165) is 12.2 Å². The van der Waals surface area contributed by atoms with Crippen LogP contribution in [-0.4, -0.2) is 24.7 Å². The highest BCUT2D eigenvalue weighted by Crippen LogP contribution is 2.25. The normalized spacial score (nSPS) is 11.7. The van der Waals surface area contributed by atoms with E-state index in [1.54, 1.807) is 18.2 Å². The first kappa shape index (κ1) is 17.7. The minimum absolute atomic E-state index is 0.141. The molecule has 0 unspecified atom stereocenters. The average molecular weight is 325 g/mol.